The highest BCUT2D eigenvalue weighted by molar-refractivity contribution is 5.81. The summed E-state index contributed by atoms with van der Waals surface area (Å²) in [6.07, 6.45) is 0.629. The van der Waals surface area contributed by atoms with Crippen LogP contribution in [0, 0.1) is 0 Å². The molecule has 0 saturated heterocycles. The maximum Gasteiger partial charge on any atom is 0.237 e. The van der Waals surface area contributed by atoms with Crippen LogP contribution in [0.1, 0.15) is 31.9 Å². The first-order valence-electron chi connectivity index (χ1n) is 5.79. The molecule has 4 heteroatoms. The van der Waals surface area contributed by atoms with Crippen LogP contribution in [0.25, 0.3) is 0 Å². The zero-order valence-corrected chi connectivity index (χ0v) is 10.6. The van der Waals surface area contributed by atoms with E-state index >= 15 is 0 Å². The number of rotatable bonds is 5. The van der Waals surface area contributed by atoms with E-state index < -0.39 is 6.04 Å². The van der Waals surface area contributed by atoms with Gasteiger partial charge in [0.15, 0.2) is 0 Å². The van der Waals surface area contributed by atoms with Gasteiger partial charge in [0, 0.05) is 5.56 Å². The van der Waals surface area contributed by atoms with Gasteiger partial charge in [-0.05, 0) is 19.4 Å². The summed E-state index contributed by atoms with van der Waals surface area (Å²) in [5, 5.41) is 2.88. The fourth-order valence-electron chi connectivity index (χ4n) is 1.61. The first kappa shape index (κ1) is 13.5. The predicted octanol–water partition coefficient (Wildman–Crippen LogP) is 1.61. The summed E-state index contributed by atoms with van der Waals surface area (Å²) in [6, 6.07) is 7.05. The Kier molecular flexibility index (Phi) is 4.97. The van der Waals surface area contributed by atoms with E-state index in [1.807, 2.05) is 38.1 Å². The van der Waals surface area contributed by atoms with Crippen molar-refractivity contribution in [3.8, 4) is 5.75 Å². The minimum absolute atomic E-state index is 0.115. The molecule has 2 atom stereocenters. The van der Waals surface area contributed by atoms with E-state index in [2.05, 4.69) is 5.32 Å². The molecule has 0 heterocycles. The highest BCUT2D eigenvalue weighted by Gasteiger charge is 2.16. The molecular formula is C13H20N2O2. The molecule has 1 aromatic carbocycles. The Morgan fingerprint density at radius 2 is 2.12 bits per heavy atom. The molecule has 4 nitrogen and oxygen atoms in total. The van der Waals surface area contributed by atoms with Crippen LogP contribution in [-0.2, 0) is 4.79 Å². The number of carbonyl (C=O) groups is 1. The van der Waals surface area contributed by atoms with E-state index in [4.69, 9.17) is 10.5 Å². The van der Waals surface area contributed by atoms with Gasteiger partial charge in [0.05, 0.1) is 19.2 Å². The molecule has 0 aromatic heterocycles. The molecule has 0 spiro atoms. The Morgan fingerprint density at radius 3 is 2.71 bits per heavy atom. The number of carbonyl (C=O) groups excluding carboxylic acids is 1. The number of hydrogen-bond donors (Lipinski definition) is 2. The Hall–Kier alpha value is -1.55. The van der Waals surface area contributed by atoms with Crippen LogP contribution in [0.15, 0.2) is 24.3 Å². The Bertz CT molecular complexity index is 379. The number of hydrogen-bond acceptors (Lipinski definition) is 3. The quantitative estimate of drug-likeness (QED) is 0.816. The van der Waals surface area contributed by atoms with Crippen LogP contribution in [0.2, 0.25) is 0 Å². The van der Waals surface area contributed by atoms with Crippen molar-refractivity contribution in [1.29, 1.82) is 0 Å². The van der Waals surface area contributed by atoms with Crippen LogP contribution in [-0.4, -0.2) is 19.1 Å². The van der Waals surface area contributed by atoms with Crippen molar-refractivity contribution in [3.63, 3.8) is 0 Å². The number of ether oxygens (including phenoxy) is 1. The SMILES string of the molecule is CCC(N)C(=O)N[C@H](C)c1ccccc1OC. The molecule has 0 bridgehead atoms. The van der Waals surface area contributed by atoms with Gasteiger partial charge in [-0.1, -0.05) is 25.1 Å². The number of methoxy groups -OCH3 is 1. The van der Waals surface area contributed by atoms with Crippen LogP contribution in [0.5, 0.6) is 5.75 Å². The summed E-state index contributed by atoms with van der Waals surface area (Å²) in [7, 11) is 1.62. The molecule has 0 fully saturated rings. The van der Waals surface area contributed by atoms with Crippen molar-refractivity contribution in [1.82, 2.24) is 5.32 Å². The maximum atomic E-state index is 11.7. The summed E-state index contributed by atoms with van der Waals surface area (Å²) in [5.74, 6) is 0.635. The molecule has 0 aliphatic carbocycles. The van der Waals surface area contributed by atoms with Crippen molar-refractivity contribution in [2.45, 2.75) is 32.4 Å². The Balaban J connectivity index is 2.76. The van der Waals surface area contributed by atoms with E-state index in [0.717, 1.165) is 11.3 Å². The molecule has 1 aromatic rings. The summed E-state index contributed by atoms with van der Waals surface area (Å²) in [5.41, 5.74) is 6.62. The number of nitrogens with two attached hydrogens (primary N) is 1. The summed E-state index contributed by atoms with van der Waals surface area (Å²) in [4.78, 5) is 11.7. The monoisotopic (exact) mass is 236 g/mol. The van der Waals surface area contributed by atoms with Gasteiger partial charge in [-0.15, -0.1) is 0 Å². The lowest BCUT2D eigenvalue weighted by Crippen LogP contribution is -2.41. The molecule has 0 radical (unpaired) electrons. The Morgan fingerprint density at radius 1 is 1.47 bits per heavy atom. The summed E-state index contributed by atoms with van der Waals surface area (Å²) < 4.78 is 5.25. The third-order valence-corrected chi connectivity index (χ3v) is 2.74. The van der Waals surface area contributed by atoms with Crippen LogP contribution >= 0.6 is 0 Å². The van der Waals surface area contributed by atoms with E-state index in [1.165, 1.54) is 0 Å². The molecule has 1 unspecified atom stereocenters. The van der Waals surface area contributed by atoms with Gasteiger partial charge in [-0.25, -0.2) is 0 Å². The zero-order valence-electron chi connectivity index (χ0n) is 10.6. The average Bonchev–Trinajstić information content (AvgIpc) is 2.37. The topological polar surface area (TPSA) is 64.4 Å². The molecule has 17 heavy (non-hydrogen) atoms. The second-order valence-corrected chi connectivity index (χ2v) is 3.99. The normalized spacial score (nSPS) is 13.9. The van der Waals surface area contributed by atoms with Crippen LogP contribution in [0.4, 0.5) is 0 Å². The third-order valence-electron chi connectivity index (χ3n) is 2.74. The smallest absolute Gasteiger partial charge is 0.237 e. The predicted molar refractivity (Wildman–Crippen MR) is 67.8 cm³/mol. The van der Waals surface area contributed by atoms with Gasteiger partial charge in [-0.2, -0.15) is 0 Å². The second-order valence-electron chi connectivity index (χ2n) is 3.99. The summed E-state index contributed by atoms with van der Waals surface area (Å²) in [6.45, 7) is 3.80. The minimum Gasteiger partial charge on any atom is -0.496 e. The van der Waals surface area contributed by atoms with Crippen molar-refractivity contribution < 1.29 is 9.53 Å². The largest absolute Gasteiger partial charge is 0.496 e. The van der Waals surface area contributed by atoms with Gasteiger partial charge >= 0.3 is 0 Å². The molecule has 94 valence electrons. The third kappa shape index (κ3) is 3.46. The fourth-order valence-corrected chi connectivity index (χ4v) is 1.61. The lowest BCUT2D eigenvalue weighted by molar-refractivity contribution is -0.123. The lowest BCUT2D eigenvalue weighted by atomic mass is 10.1. The highest BCUT2D eigenvalue weighted by atomic mass is 16.5. The molecule has 0 saturated carbocycles. The van der Waals surface area contributed by atoms with Crippen molar-refractivity contribution in [3.05, 3.63) is 29.8 Å². The molecule has 3 N–H and O–H groups in total. The van der Waals surface area contributed by atoms with Crippen molar-refractivity contribution in [2.24, 2.45) is 5.73 Å². The Labute approximate surface area is 102 Å². The van der Waals surface area contributed by atoms with Gasteiger partial charge < -0.3 is 15.8 Å². The van der Waals surface area contributed by atoms with Crippen molar-refractivity contribution in [2.75, 3.05) is 7.11 Å². The molecule has 0 aliphatic rings. The number of nitrogens with one attached hydrogen (secondary N) is 1. The number of para-hydroxylation sites is 1. The summed E-state index contributed by atoms with van der Waals surface area (Å²) >= 11 is 0. The minimum atomic E-state index is -0.452. The first-order chi connectivity index (χ1) is 8.10. The second kappa shape index (κ2) is 6.25. The lowest BCUT2D eigenvalue weighted by Gasteiger charge is -2.19. The van der Waals surface area contributed by atoms with Crippen molar-refractivity contribution >= 4 is 5.91 Å². The average molecular weight is 236 g/mol. The van der Waals surface area contributed by atoms with Gasteiger partial charge in [0.2, 0.25) is 5.91 Å². The molecule has 1 rings (SSSR count). The van der Waals surface area contributed by atoms with E-state index in [1.54, 1.807) is 7.11 Å². The van der Waals surface area contributed by atoms with Crippen LogP contribution < -0.4 is 15.8 Å². The first-order valence-corrected chi connectivity index (χ1v) is 5.79. The van der Waals surface area contributed by atoms with Gasteiger partial charge in [-0.3, -0.25) is 4.79 Å². The number of benzene rings is 1. The standard InChI is InChI=1S/C13H20N2O2/c1-4-11(14)13(16)15-9(2)10-7-5-6-8-12(10)17-3/h5-9,11H,4,14H2,1-3H3,(H,15,16)/t9-,11?/m1/s1. The molecular weight excluding hydrogens is 216 g/mol. The van der Waals surface area contributed by atoms with E-state index in [9.17, 15) is 4.79 Å². The van der Waals surface area contributed by atoms with E-state index in [0.29, 0.717) is 6.42 Å². The van der Waals surface area contributed by atoms with Gasteiger partial charge in [0.1, 0.15) is 5.75 Å². The van der Waals surface area contributed by atoms with Crippen LogP contribution in [0.3, 0.4) is 0 Å². The van der Waals surface area contributed by atoms with E-state index in [-0.39, 0.29) is 11.9 Å². The highest BCUT2D eigenvalue weighted by Crippen LogP contribution is 2.24. The fraction of sp³-hybridized carbons (Fsp3) is 0.462. The number of amides is 1. The molecule has 0 aliphatic heterocycles. The maximum absolute atomic E-state index is 11.7. The zero-order chi connectivity index (χ0) is 12.8. The van der Waals surface area contributed by atoms with Gasteiger partial charge in [0.25, 0.3) is 0 Å². The molecule has 1 amide bonds.